The normalized spacial score (nSPS) is 12.3. The van der Waals surface area contributed by atoms with Crippen molar-refractivity contribution in [3.8, 4) is 22.9 Å². The van der Waals surface area contributed by atoms with Crippen molar-refractivity contribution in [2.24, 2.45) is 0 Å². The zero-order chi connectivity index (χ0) is 21.9. The van der Waals surface area contributed by atoms with Gasteiger partial charge in [-0.05, 0) is 48.2 Å². The number of halogens is 1. The number of nitrogens with zero attached hydrogens (tertiary/aromatic N) is 2. The van der Waals surface area contributed by atoms with Crippen molar-refractivity contribution >= 4 is 23.4 Å². The average molecular weight is 447 g/mol. The minimum atomic E-state index is -0.323. The SMILES string of the molecule is O=C(CSc1n[nH]c(-c2ccccc2)n1)Nc1ccc2c(c1)CCc1ccc(F)cc1O2. The van der Waals surface area contributed by atoms with E-state index in [2.05, 4.69) is 20.5 Å². The summed E-state index contributed by atoms with van der Waals surface area (Å²) < 4.78 is 19.5. The summed E-state index contributed by atoms with van der Waals surface area (Å²) in [7, 11) is 0. The quantitative estimate of drug-likeness (QED) is 0.410. The number of H-pyrrole nitrogens is 1. The molecule has 0 aliphatic carbocycles. The maximum absolute atomic E-state index is 13.6. The number of carbonyl (C=O) groups is 1. The van der Waals surface area contributed by atoms with Crippen LogP contribution in [0.2, 0.25) is 0 Å². The lowest BCUT2D eigenvalue weighted by Gasteiger charge is -2.11. The number of ether oxygens (including phenoxy) is 1. The van der Waals surface area contributed by atoms with Crippen molar-refractivity contribution in [3.05, 3.63) is 83.7 Å². The standard InChI is InChI=1S/C24H19FN4O2S/c25-18-9-8-15-6-7-17-12-19(10-11-20(17)31-21(15)13-18)26-22(30)14-32-24-27-23(28-29-24)16-4-2-1-3-5-16/h1-5,8-13H,6-7,14H2,(H,26,30)(H,27,28,29). The number of carbonyl (C=O) groups excluding carboxylic acids is 1. The van der Waals surface area contributed by atoms with Gasteiger partial charge in [-0.25, -0.2) is 9.37 Å². The molecule has 32 heavy (non-hydrogen) atoms. The van der Waals surface area contributed by atoms with Gasteiger partial charge in [-0.15, -0.1) is 5.10 Å². The van der Waals surface area contributed by atoms with Crippen molar-refractivity contribution in [1.29, 1.82) is 0 Å². The minimum Gasteiger partial charge on any atom is -0.457 e. The fourth-order valence-electron chi connectivity index (χ4n) is 3.53. The van der Waals surface area contributed by atoms with Crippen LogP contribution in [0.5, 0.6) is 11.5 Å². The molecule has 0 bridgehead atoms. The van der Waals surface area contributed by atoms with Gasteiger partial charge in [0.1, 0.15) is 17.3 Å². The molecule has 0 saturated heterocycles. The van der Waals surface area contributed by atoms with Crippen LogP contribution in [0.25, 0.3) is 11.4 Å². The number of hydrogen-bond donors (Lipinski definition) is 2. The van der Waals surface area contributed by atoms with E-state index in [9.17, 15) is 9.18 Å². The fourth-order valence-corrected chi connectivity index (χ4v) is 4.13. The fraction of sp³-hybridized carbons (Fsp3) is 0.125. The zero-order valence-corrected chi connectivity index (χ0v) is 17.8. The van der Waals surface area contributed by atoms with E-state index in [0.717, 1.165) is 29.5 Å². The Kier molecular flexibility index (Phi) is 5.60. The van der Waals surface area contributed by atoms with Gasteiger partial charge in [-0.1, -0.05) is 48.2 Å². The Morgan fingerprint density at radius 2 is 1.88 bits per heavy atom. The summed E-state index contributed by atoms with van der Waals surface area (Å²) in [5.41, 5.74) is 3.56. The van der Waals surface area contributed by atoms with Crippen LogP contribution in [0.4, 0.5) is 10.1 Å². The molecule has 6 nitrogen and oxygen atoms in total. The summed E-state index contributed by atoms with van der Waals surface area (Å²) >= 11 is 1.26. The van der Waals surface area contributed by atoms with Crippen LogP contribution in [0.1, 0.15) is 11.1 Å². The Hall–Kier alpha value is -3.65. The summed E-state index contributed by atoms with van der Waals surface area (Å²) in [5.74, 6) is 1.59. The molecule has 1 aromatic heterocycles. The van der Waals surface area contributed by atoms with E-state index >= 15 is 0 Å². The van der Waals surface area contributed by atoms with E-state index in [1.807, 2.05) is 36.4 Å². The Morgan fingerprint density at radius 3 is 2.75 bits per heavy atom. The smallest absolute Gasteiger partial charge is 0.234 e. The summed E-state index contributed by atoms with van der Waals surface area (Å²) in [6.07, 6.45) is 1.48. The monoisotopic (exact) mass is 446 g/mol. The van der Waals surface area contributed by atoms with Crippen molar-refractivity contribution in [3.63, 3.8) is 0 Å². The van der Waals surface area contributed by atoms with Gasteiger partial charge < -0.3 is 10.1 Å². The molecule has 1 aliphatic heterocycles. The zero-order valence-electron chi connectivity index (χ0n) is 17.0. The molecule has 0 saturated carbocycles. The Balaban J connectivity index is 1.21. The third-order valence-corrected chi connectivity index (χ3v) is 5.95. The largest absolute Gasteiger partial charge is 0.457 e. The van der Waals surface area contributed by atoms with E-state index in [1.54, 1.807) is 18.2 Å². The number of nitrogens with one attached hydrogen (secondary N) is 2. The number of thioether (sulfide) groups is 1. The second kappa shape index (κ2) is 8.84. The van der Waals surface area contributed by atoms with Crippen LogP contribution in [0, 0.1) is 5.82 Å². The minimum absolute atomic E-state index is 0.152. The van der Waals surface area contributed by atoms with Crippen LogP contribution < -0.4 is 10.1 Å². The highest BCUT2D eigenvalue weighted by atomic mass is 32.2. The highest BCUT2D eigenvalue weighted by molar-refractivity contribution is 7.99. The van der Waals surface area contributed by atoms with Crippen molar-refractivity contribution in [2.45, 2.75) is 18.0 Å². The summed E-state index contributed by atoms with van der Waals surface area (Å²) in [4.78, 5) is 16.9. The van der Waals surface area contributed by atoms with E-state index in [1.165, 1.54) is 23.9 Å². The highest BCUT2D eigenvalue weighted by Gasteiger charge is 2.16. The molecule has 4 aromatic rings. The molecule has 5 rings (SSSR count). The molecule has 8 heteroatoms. The maximum atomic E-state index is 13.6. The summed E-state index contributed by atoms with van der Waals surface area (Å²) in [6, 6.07) is 19.8. The Bertz CT molecular complexity index is 1280. The lowest BCUT2D eigenvalue weighted by molar-refractivity contribution is -0.113. The number of hydrogen-bond acceptors (Lipinski definition) is 5. The van der Waals surface area contributed by atoms with Gasteiger partial charge in [0, 0.05) is 17.3 Å². The predicted molar refractivity (Wildman–Crippen MR) is 121 cm³/mol. The van der Waals surface area contributed by atoms with Gasteiger partial charge in [0.05, 0.1) is 5.75 Å². The van der Waals surface area contributed by atoms with Crippen molar-refractivity contribution in [1.82, 2.24) is 15.2 Å². The third-order valence-electron chi connectivity index (χ3n) is 5.10. The molecule has 2 heterocycles. The molecule has 1 aliphatic rings. The molecule has 160 valence electrons. The van der Waals surface area contributed by atoms with Crippen LogP contribution in [-0.4, -0.2) is 26.8 Å². The number of aryl methyl sites for hydroxylation is 2. The third kappa shape index (κ3) is 4.50. The van der Waals surface area contributed by atoms with Gasteiger partial charge >= 0.3 is 0 Å². The predicted octanol–water partition coefficient (Wildman–Crippen LogP) is 5.23. The summed E-state index contributed by atoms with van der Waals surface area (Å²) in [5, 5.41) is 10.5. The molecule has 0 fully saturated rings. The Labute approximate surface area is 188 Å². The van der Waals surface area contributed by atoms with Gasteiger partial charge in [-0.2, -0.15) is 0 Å². The number of aromatic nitrogens is 3. The highest BCUT2D eigenvalue weighted by Crippen LogP contribution is 2.35. The van der Waals surface area contributed by atoms with Gasteiger partial charge in [0.2, 0.25) is 11.1 Å². The van der Waals surface area contributed by atoms with Crippen LogP contribution in [0.3, 0.4) is 0 Å². The van der Waals surface area contributed by atoms with Gasteiger partial charge in [-0.3, -0.25) is 9.89 Å². The van der Waals surface area contributed by atoms with E-state index in [-0.39, 0.29) is 17.5 Å². The van der Waals surface area contributed by atoms with Gasteiger partial charge in [0.25, 0.3) is 0 Å². The molecule has 3 aromatic carbocycles. The lowest BCUT2D eigenvalue weighted by Crippen LogP contribution is -2.14. The van der Waals surface area contributed by atoms with Crippen molar-refractivity contribution < 1.29 is 13.9 Å². The van der Waals surface area contributed by atoms with E-state index in [4.69, 9.17) is 4.74 Å². The van der Waals surface area contributed by atoms with E-state index in [0.29, 0.717) is 28.2 Å². The van der Waals surface area contributed by atoms with E-state index < -0.39 is 0 Å². The average Bonchev–Trinajstić information content (AvgIpc) is 3.21. The first-order valence-corrected chi connectivity index (χ1v) is 11.1. The molecule has 0 spiro atoms. The maximum Gasteiger partial charge on any atom is 0.234 e. The molecule has 1 amide bonds. The molecular formula is C24H19FN4O2S. The number of benzene rings is 3. The van der Waals surface area contributed by atoms with Crippen LogP contribution >= 0.6 is 11.8 Å². The molecule has 0 unspecified atom stereocenters. The summed E-state index contributed by atoms with van der Waals surface area (Å²) in [6.45, 7) is 0. The lowest BCUT2D eigenvalue weighted by atomic mass is 10.0. The number of fused-ring (bicyclic) bond motifs is 2. The molecular weight excluding hydrogens is 427 g/mol. The van der Waals surface area contributed by atoms with Crippen molar-refractivity contribution in [2.75, 3.05) is 11.1 Å². The first kappa shape index (κ1) is 20.3. The second-order valence-corrected chi connectivity index (χ2v) is 8.29. The molecule has 2 N–H and O–H groups in total. The second-order valence-electron chi connectivity index (χ2n) is 7.35. The molecule has 0 atom stereocenters. The first-order valence-electron chi connectivity index (χ1n) is 10.1. The number of aromatic amines is 1. The van der Waals surface area contributed by atoms with Crippen LogP contribution in [-0.2, 0) is 17.6 Å². The number of rotatable bonds is 5. The topological polar surface area (TPSA) is 79.9 Å². The van der Waals surface area contributed by atoms with Crippen LogP contribution in [0.15, 0.2) is 71.9 Å². The first-order chi connectivity index (χ1) is 15.6. The molecule has 0 radical (unpaired) electrons. The number of anilines is 1. The number of amides is 1. The Morgan fingerprint density at radius 1 is 1.03 bits per heavy atom. The van der Waals surface area contributed by atoms with Gasteiger partial charge in [0.15, 0.2) is 5.82 Å².